The second-order valence-electron chi connectivity index (χ2n) is 2.99. The number of benzene rings is 1. The summed E-state index contributed by atoms with van der Waals surface area (Å²) in [6.07, 6.45) is 0. The van der Waals surface area contributed by atoms with Crippen LogP contribution in [-0.4, -0.2) is 19.4 Å². The first kappa shape index (κ1) is 11.3. The van der Waals surface area contributed by atoms with Crippen LogP contribution in [0.4, 0.5) is 4.39 Å². The van der Waals surface area contributed by atoms with Crippen LogP contribution in [0.3, 0.4) is 0 Å². The van der Waals surface area contributed by atoms with E-state index in [1.165, 1.54) is 12.1 Å². The van der Waals surface area contributed by atoms with Crippen LogP contribution in [0.15, 0.2) is 16.6 Å². The van der Waals surface area contributed by atoms with Crippen LogP contribution in [0.5, 0.6) is 0 Å². The van der Waals surface area contributed by atoms with E-state index in [1.807, 2.05) is 0 Å². The van der Waals surface area contributed by atoms with E-state index in [2.05, 4.69) is 21.2 Å². The molecule has 76 valence electrons. The molecule has 14 heavy (non-hydrogen) atoms. The lowest BCUT2D eigenvalue weighted by molar-refractivity contribution is 0.0993. The van der Waals surface area contributed by atoms with E-state index in [4.69, 9.17) is 0 Å². The Kier molecular flexibility index (Phi) is 3.77. The van der Waals surface area contributed by atoms with Crippen molar-refractivity contribution in [1.29, 1.82) is 0 Å². The smallest absolute Gasteiger partial charge is 0.176 e. The van der Waals surface area contributed by atoms with Gasteiger partial charge in [0.05, 0.1) is 11.0 Å². The van der Waals surface area contributed by atoms with Gasteiger partial charge < -0.3 is 5.32 Å². The van der Waals surface area contributed by atoms with Gasteiger partial charge in [-0.2, -0.15) is 0 Å². The normalized spacial score (nSPS) is 10.3. The molecule has 0 saturated carbocycles. The molecule has 0 aliphatic carbocycles. The highest BCUT2D eigenvalue weighted by molar-refractivity contribution is 9.10. The number of ketones is 1. The number of carbonyl (C=O) groups excluding carboxylic acids is 1. The van der Waals surface area contributed by atoms with E-state index in [0.29, 0.717) is 15.6 Å². The molecule has 0 atom stereocenters. The Hall–Kier alpha value is -0.740. The summed E-state index contributed by atoms with van der Waals surface area (Å²) in [7, 11) is 1.70. The summed E-state index contributed by atoms with van der Waals surface area (Å²) in [5.41, 5.74) is 1.19. The SMILES string of the molecule is CNCC(=O)c1ccc(F)c(Br)c1C. The number of carbonyl (C=O) groups is 1. The largest absolute Gasteiger partial charge is 0.313 e. The molecule has 2 nitrogen and oxygen atoms in total. The lowest BCUT2D eigenvalue weighted by Crippen LogP contribution is -2.19. The first-order valence-electron chi connectivity index (χ1n) is 4.20. The fourth-order valence-electron chi connectivity index (χ4n) is 1.21. The molecule has 0 aliphatic heterocycles. The molecule has 0 radical (unpaired) electrons. The van der Waals surface area contributed by atoms with Gasteiger partial charge in [0.1, 0.15) is 5.82 Å². The van der Waals surface area contributed by atoms with Gasteiger partial charge in [-0.05, 0) is 47.6 Å². The zero-order chi connectivity index (χ0) is 10.7. The highest BCUT2D eigenvalue weighted by Crippen LogP contribution is 2.23. The third-order valence-corrected chi connectivity index (χ3v) is 2.95. The molecule has 4 heteroatoms. The molecule has 0 fully saturated rings. The van der Waals surface area contributed by atoms with E-state index in [-0.39, 0.29) is 18.1 Å². The minimum absolute atomic E-state index is 0.0364. The highest BCUT2D eigenvalue weighted by Gasteiger charge is 2.12. The Morgan fingerprint density at radius 1 is 1.57 bits per heavy atom. The number of hydrogen-bond acceptors (Lipinski definition) is 2. The summed E-state index contributed by atoms with van der Waals surface area (Å²) in [5, 5.41) is 2.77. The Bertz CT molecular complexity index is 365. The van der Waals surface area contributed by atoms with Gasteiger partial charge in [-0.25, -0.2) is 4.39 Å². The lowest BCUT2D eigenvalue weighted by Gasteiger charge is -2.06. The summed E-state index contributed by atoms with van der Waals surface area (Å²) in [4.78, 5) is 11.5. The predicted octanol–water partition coefficient (Wildman–Crippen LogP) is 2.30. The van der Waals surface area contributed by atoms with Crippen LogP contribution in [0.25, 0.3) is 0 Å². The molecular weight excluding hydrogens is 249 g/mol. The van der Waals surface area contributed by atoms with Crippen LogP contribution in [0.1, 0.15) is 15.9 Å². The van der Waals surface area contributed by atoms with Gasteiger partial charge in [0.25, 0.3) is 0 Å². The Morgan fingerprint density at radius 3 is 2.79 bits per heavy atom. The zero-order valence-corrected chi connectivity index (χ0v) is 9.61. The molecule has 0 heterocycles. The van der Waals surface area contributed by atoms with Gasteiger partial charge in [0.15, 0.2) is 5.78 Å². The number of Topliss-reactive ketones (excluding diaryl/α,β-unsaturated/α-hetero) is 1. The van der Waals surface area contributed by atoms with Gasteiger partial charge in [-0.3, -0.25) is 4.79 Å². The fraction of sp³-hybridized carbons (Fsp3) is 0.300. The van der Waals surface area contributed by atoms with Gasteiger partial charge in [-0.1, -0.05) is 0 Å². The summed E-state index contributed by atoms with van der Waals surface area (Å²) in [6, 6.07) is 2.80. The molecular formula is C10H11BrFNO. The van der Waals surface area contributed by atoms with Gasteiger partial charge >= 0.3 is 0 Å². The van der Waals surface area contributed by atoms with Crippen LogP contribution in [0, 0.1) is 12.7 Å². The van der Waals surface area contributed by atoms with Crippen LogP contribution in [0.2, 0.25) is 0 Å². The molecule has 0 amide bonds. The van der Waals surface area contributed by atoms with Crippen molar-refractivity contribution < 1.29 is 9.18 Å². The summed E-state index contributed by atoms with van der Waals surface area (Å²) in [6.45, 7) is 1.98. The van der Waals surface area contributed by atoms with E-state index < -0.39 is 0 Å². The Morgan fingerprint density at radius 2 is 2.21 bits per heavy atom. The highest BCUT2D eigenvalue weighted by atomic mass is 79.9. The topological polar surface area (TPSA) is 29.1 Å². The first-order chi connectivity index (χ1) is 6.57. The molecule has 0 unspecified atom stereocenters. The molecule has 1 N–H and O–H groups in total. The quantitative estimate of drug-likeness (QED) is 0.845. The maximum absolute atomic E-state index is 13.0. The average Bonchev–Trinajstić information content (AvgIpc) is 2.15. The summed E-state index contributed by atoms with van der Waals surface area (Å²) in [5.74, 6) is -0.380. The monoisotopic (exact) mass is 259 g/mol. The van der Waals surface area contributed by atoms with Crippen molar-refractivity contribution in [1.82, 2.24) is 5.32 Å². The number of rotatable bonds is 3. The fourth-order valence-corrected chi connectivity index (χ4v) is 1.56. The maximum Gasteiger partial charge on any atom is 0.176 e. The maximum atomic E-state index is 13.0. The van der Waals surface area contributed by atoms with Crippen LogP contribution < -0.4 is 5.32 Å². The van der Waals surface area contributed by atoms with Crippen molar-refractivity contribution in [3.63, 3.8) is 0 Å². The van der Waals surface area contributed by atoms with Crippen molar-refractivity contribution in [2.24, 2.45) is 0 Å². The van der Waals surface area contributed by atoms with E-state index in [9.17, 15) is 9.18 Å². The zero-order valence-electron chi connectivity index (χ0n) is 8.03. The van der Waals surface area contributed by atoms with Gasteiger partial charge in [0, 0.05) is 5.56 Å². The Labute approximate surface area is 90.6 Å². The summed E-state index contributed by atoms with van der Waals surface area (Å²) < 4.78 is 13.4. The number of nitrogens with one attached hydrogen (secondary N) is 1. The van der Waals surface area contributed by atoms with Crippen molar-refractivity contribution in [3.8, 4) is 0 Å². The molecule has 0 saturated heterocycles. The van der Waals surface area contributed by atoms with E-state index in [1.54, 1.807) is 14.0 Å². The lowest BCUT2D eigenvalue weighted by atomic mass is 10.0. The third kappa shape index (κ3) is 2.19. The molecule has 0 spiro atoms. The molecule has 1 aromatic rings. The van der Waals surface area contributed by atoms with Crippen molar-refractivity contribution >= 4 is 21.7 Å². The number of likely N-dealkylation sites (N-methyl/N-ethyl adjacent to an activating group) is 1. The Balaban J connectivity index is 3.11. The van der Waals surface area contributed by atoms with Gasteiger partial charge in [0.2, 0.25) is 0 Å². The number of hydrogen-bond donors (Lipinski definition) is 1. The first-order valence-corrected chi connectivity index (χ1v) is 4.99. The van der Waals surface area contributed by atoms with Crippen LogP contribution >= 0.6 is 15.9 Å². The second kappa shape index (κ2) is 4.66. The standard InChI is InChI=1S/C10H11BrFNO/c1-6-7(9(14)5-13-2)3-4-8(12)10(6)11/h3-4,13H,5H2,1-2H3. The minimum Gasteiger partial charge on any atom is -0.313 e. The summed E-state index contributed by atoms with van der Waals surface area (Å²) >= 11 is 3.10. The van der Waals surface area contributed by atoms with E-state index in [0.717, 1.165) is 0 Å². The predicted molar refractivity (Wildman–Crippen MR) is 57.1 cm³/mol. The molecule has 1 aromatic carbocycles. The molecule has 1 rings (SSSR count). The van der Waals surface area contributed by atoms with Gasteiger partial charge in [-0.15, -0.1) is 0 Å². The average molecular weight is 260 g/mol. The molecule has 0 bridgehead atoms. The molecule has 0 aliphatic rings. The van der Waals surface area contributed by atoms with E-state index >= 15 is 0 Å². The minimum atomic E-state index is -0.344. The van der Waals surface area contributed by atoms with Crippen LogP contribution in [-0.2, 0) is 0 Å². The third-order valence-electron chi connectivity index (χ3n) is 1.98. The number of halogens is 2. The van der Waals surface area contributed by atoms with Crippen molar-refractivity contribution in [3.05, 3.63) is 33.5 Å². The van der Waals surface area contributed by atoms with Crippen molar-refractivity contribution in [2.75, 3.05) is 13.6 Å². The molecule has 0 aromatic heterocycles. The second-order valence-corrected chi connectivity index (χ2v) is 3.78. The van der Waals surface area contributed by atoms with Crippen molar-refractivity contribution in [2.45, 2.75) is 6.92 Å².